The molecule has 1 aromatic rings. The van der Waals surface area contributed by atoms with E-state index in [9.17, 15) is 4.39 Å². The summed E-state index contributed by atoms with van der Waals surface area (Å²) in [5.41, 5.74) is 1.29. The molecule has 0 unspecified atom stereocenters. The van der Waals surface area contributed by atoms with Crippen LogP contribution < -0.4 is 10.1 Å². The largest absolute Gasteiger partial charge is 0.494 e. The van der Waals surface area contributed by atoms with Crippen LogP contribution in [0.3, 0.4) is 0 Å². The molecule has 118 valence electrons. The highest BCUT2D eigenvalue weighted by atomic mass is 19.1. The van der Waals surface area contributed by atoms with Gasteiger partial charge >= 0.3 is 0 Å². The maximum Gasteiger partial charge on any atom is 0.167 e. The summed E-state index contributed by atoms with van der Waals surface area (Å²) in [6.07, 6.45) is 6.09. The fourth-order valence-corrected chi connectivity index (χ4v) is 3.30. The number of hydrogen-bond acceptors (Lipinski definition) is 2. The molecule has 0 spiro atoms. The summed E-state index contributed by atoms with van der Waals surface area (Å²) < 4.78 is 18.7. The highest BCUT2D eigenvalue weighted by molar-refractivity contribution is 5.48. The Kier molecular flexibility index (Phi) is 5.13. The van der Waals surface area contributed by atoms with Gasteiger partial charge in [0.25, 0.3) is 0 Å². The van der Waals surface area contributed by atoms with Gasteiger partial charge in [0.15, 0.2) is 11.6 Å². The van der Waals surface area contributed by atoms with Gasteiger partial charge in [0.05, 0.1) is 7.11 Å². The van der Waals surface area contributed by atoms with E-state index in [0.717, 1.165) is 11.6 Å². The van der Waals surface area contributed by atoms with Crippen LogP contribution in [-0.4, -0.2) is 13.2 Å². The maximum absolute atomic E-state index is 13.7. The van der Waals surface area contributed by atoms with Gasteiger partial charge in [-0.15, -0.1) is 0 Å². The lowest BCUT2D eigenvalue weighted by Crippen LogP contribution is -2.32. The molecule has 0 aliphatic heterocycles. The van der Waals surface area contributed by atoms with Crippen molar-refractivity contribution >= 4 is 5.69 Å². The molecule has 0 aromatic heterocycles. The van der Waals surface area contributed by atoms with E-state index in [1.54, 1.807) is 6.07 Å². The van der Waals surface area contributed by atoms with Crippen LogP contribution in [0.5, 0.6) is 5.75 Å². The number of methoxy groups -OCH3 is 1. The summed E-state index contributed by atoms with van der Waals surface area (Å²) in [4.78, 5) is 0. The SMILES string of the molecule is CCC(C)(C)C1CCC(Nc2ccc(OC)c(F)c2)CC1. The maximum atomic E-state index is 13.7. The number of rotatable bonds is 5. The van der Waals surface area contributed by atoms with E-state index in [1.807, 2.05) is 6.07 Å². The molecule has 1 saturated carbocycles. The number of benzene rings is 1. The highest BCUT2D eigenvalue weighted by Gasteiger charge is 2.31. The van der Waals surface area contributed by atoms with Crippen LogP contribution in [0.15, 0.2) is 18.2 Å². The van der Waals surface area contributed by atoms with E-state index in [0.29, 0.717) is 17.2 Å². The zero-order chi connectivity index (χ0) is 15.5. The van der Waals surface area contributed by atoms with Crippen LogP contribution in [0.4, 0.5) is 10.1 Å². The van der Waals surface area contributed by atoms with E-state index in [1.165, 1.54) is 45.3 Å². The Morgan fingerprint density at radius 2 is 1.90 bits per heavy atom. The molecule has 1 N–H and O–H groups in total. The molecule has 2 nitrogen and oxygen atoms in total. The minimum absolute atomic E-state index is 0.300. The minimum Gasteiger partial charge on any atom is -0.494 e. The molecule has 0 amide bonds. The number of halogens is 1. The second kappa shape index (κ2) is 6.67. The van der Waals surface area contributed by atoms with Gasteiger partial charge in [0.2, 0.25) is 0 Å². The van der Waals surface area contributed by atoms with Gasteiger partial charge in [-0.3, -0.25) is 0 Å². The monoisotopic (exact) mass is 293 g/mol. The van der Waals surface area contributed by atoms with Crippen LogP contribution in [0.1, 0.15) is 52.9 Å². The van der Waals surface area contributed by atoms with Crippen LogP contribution >= 0.6 is 0 Å². The molecule has 2 rings (SSSR count). The topological polar surface area (TPSA) is 21.3 Å². The second-order valence-corrected chi connectivity index (χ2v) is 6.88. The molecular weight excluding hydrogens is 265 g/mol. The smallest absolute Gasteiger partial charge is 0.167 e. The third kappa shape index (κ3) is 3.90. The average Bonchev–Trinajstić information content (AvgIpc) is 2.48. The van der Waals surface area contributed by atoms with Crippen LogP contribution in [0.2, 0.25) is 0 Å². The summed E-state index contributed by atoms with van der Waals surface area (Å²) in [7, 11) is 1.49. The number of nitrogens with one attached hydrogen (secondary N) is 1. The predicted molar refractivity (Wildman–Crippen MR) is 86.4 cm³/mol. The van der Waals surface area contributed by atoms with Crippen molar-refractivity contribution in [2.45, 2.75) is 58.9 Å². The Morgan fingerprint density at radius 1 is 1.24 bits per heavy atom. The Morgan fingerprint density at radius 3 is 2.43 bits per heavy atom. The molecular formula is C18H28FNO. The molecule has 1 fully saturated rings. The second-order valence-electron chi connectivity index (χ2n) is 6.88. The first-order valence-electron chi connectivity index (χ1n) is 8.06. The normalized spacial score (nSPS) is 22.9. The molecule has 0 radical (unpaired) electrons. The van der Waals surface area contributed by atoms with E-state index >= 15 is 0 Å². The Balaban J connectivity index is 1.90. The third-order valence-electron chi connectivity index (χ3n) is 5.27. The minimum atomic E-state index is -0.302. The first-order valence-corrected chi connectivity index (χ1v) is 8.06. The summed E-state index contributed by atoms with van der Waals surface area (Å²) in [5.74, 6) is 0.811. The van der Waals surface area contributed by atoms with Crippen molar-refractivity contribution in [3.63, 3.8) is 0 Å². The van der Waals surface area contributed by atoms with E-state index in [-0.39, 0.29) is 5.82 Å². The summed E-state index contributed by atoms with van der Waals surface area (Å²) >= 11 is 0. The molecule has 21 heavy (non-hydrogen) atoms. The van der Waals surface area contributed by atoms with Crippen LogP contribution in [0.25, 0.3) is 0 Å². The van der Waals surface area contributed by atoms with Crippen molar-refractivity contribution in [2.24, 2.45) is 11.3 Å². The third-order valence-corrected chi connectivity index (χ3v) is 5.27. The number of anilines is 1. The van der Waals surface area contributed by atoms with Crippen LogP contribution in [0, 0.1) is 17.2 Å². The van der Waals surface area contributed by atoms with Gasteiger partial charge in [-0.2, -0.15) is 0 Å². The molecule has 0 heterocycles. The standard InChI is InChI=1S/C18H28FNO/c1-5-18(2,3)13-6-8-14(9-7-13)20-15-10-11-17(21-4)16(19)12-15/h10-14,20H,5-9H2,1-4H3. The first kappa shape index (κ1) is 16.1. The Hall–Kier alpha value is -1.25. The average molecular weight is 293 g/mol. The Labute approximate surface area is 128 Å². The first-order chi connectivity index (χ1) is 9.96. The van der Waals surface area contributed by atoms with Crippen molar-refractivity contribution in [2.75, 3.05) is 12.4 Å². The van der Waals surface area contributed by atoms with Gasteiger partial charge in [0, 0.05) is 17.8 Å². The molecule has 0 saturated heterocycles. The molecule has 1 aliphatic rings. The predicted octanol–water partition coefficient (Wildman–Crippen LogP) is 5.24. The Bertz CT molecular complexity index is 464. The number of hydrogen-bond donors (Lipinski definition) is 1. The van der Waals surface area contributed by atoms with Crippen molar-refractivity contribution in [3.05, 3.63) is 24.0 Å². The molecule has 1 aliphatic carbocycles. The zero-order valence-corrected chi connectivity index (χ0v) is 13.7. The molecule has 0 bridgehead atoms. The zero-order valence-electron chi connectivity index (χ0n) is 13.7. The van der Waals surface area contributed by atoms with Crippen LogP contribution in [-0.2, 0) is 0 Å². The van der Waals surface area contributed by atoms with Gasteiger partial charge in [-0.05, 0) is 49.1 Å². The molecule has 3 heteroatoms. The van der Waals surface area contributed by atoms with Crippen molar-refractivity contribution in [1.82, 2.24) is 0 Å². The van der Waals surface area contributed by atoms with E-state index in [2.05, 4.69) is 26.1 Å². The van der Waals surface area contributed by atoms with E-state index in [4.69, 9.17) is 4.74 Å². The summed E-state index contributed by atoms with van der Waals surface area (Å²) in [6, 6.07) is 5.57. The van der Waals surface area contributed by atoms with Crippen molar-refractivity contribution < 1.29 is 9.13 Å². The van der Waals surface area contributed by atoms with Gasteiger partial charge in [-0.25, -0.2) is 4.39 Å². The summed E-state index contributed by atoms with van der Waals surface area (Å²) in [6.45, 7) is 7.04. The van der Waals surface area contributed by atoms with E-state index < -0.39 is 0 Å². The lowest BCUT2D eigenvalue weighted by molar-refractivity contribution is 0.147. The van der Waals surface area contributed by atoms with Gasteiger partial charge in [-0.1, -0.05) is 27.2 Å². The molecule has 1 aromatic carbocycles. The summed E-state index contributed by atoms with van der Waals surface area (Å²) in [5, 5.41) is 3.47. The highest BCUT2D eigenvalue weighted by Crippen LogP contribution is 2.41. The fraction of sp³-hybridized carbons (Fsp3) is 0.667. The quantitative estimate of drug-likeness (QED) is 0.801. The fourth-order valence-electron chi connectivity index (χ4n) is 3.30. The van der Waals surface area contributed by atoms with Gasteiger partial charge in [0.1, 0.15) is 0 Å². The lowest BCUT2D eigenvalue weighted by atomic mass is 9.69. The lowest BCUT2D eigenvalue weighted by Gasteiger charge is -2.39. The molecule has 0 atom stereocenters. The van der Waals surface area contributed by atoms with Crippen molar-refractivity contribution in [1.29, 1.82) is 0 Å². The van der Waals surface area contributed by atoms with Gasteiger partial charge < -0.3 is 10.1 Å². The number of ether oxygens (including phenoxy) is 1. The van der Waals surface area contributed by atoms with Crippen molar-refractivity contribution in [3.8, 4) is 5.75 Å².